The number of ether oxygens (including phenoxy) is 2. The van der Waals surface area contributed by atoms with Gasteiger partial charge in [-0.3, -0.25) is 0 Å². The van der Waals surface area contributed by atoms with Gasteiger partial charge < -0.3 is 14.8 Å². The Morgan fingerprint density at radius 3 is 2.65 bits per heavy atom. The molecule has 2 aromatic rings. The van der Waals surface area contributed by atoms with Gasteiger partial charge in [-0.2, -0.15) is 10.1 Å². The lowest BCUT2D eigenvalue weighted by Gasteiger charge is -2.12. The summed E-state index contributed by atoms with van der Waals surface area (Å²) in [7, 11) is 0. The molecule has 0 fully saturated rings. The van der Waals surface area contributed by atoms with Gasteiger partial charge in [0.05, 0.1) is 19.4 Å². The van der Waals surface area contributed by atoms with Gasteiger partial charge >= 0.3 is 5.69 Å². The largest absolute Gasteiger partial charge is 0.490 e. The van der Waals surface area contributed by atoms with Crippen molar-refractivity contribution >= 4 is 11.5 Å². The van der Waals surface area contributed by atoms with Crippen LogP contribution in [-0.4, -0.2) is 28.4 Å². The monoisotopic (exact) mass is 276 g/mol. The summed E-state index contributed by atoms with van der Waals surface area (Å²) in [5.41, 5.74) is 0.225. The highest BCUT2D eigenvalue weighted by atomic mass is 16.5. The van der Waals surface area contributed by atoms with E-state index in [1.165, 1.54) is 6.20 Å². The molecule has 0 aliphatic carbocycles. The molecule has 2 N–H and O–H groups in total. The SMILES string of the molecule is CCOc1ccc(Nc2cn[nH]c(=O)n2)cc1OCC. The van der Waals surface area contributed by atoms with E-state index in [0.29, 0.717) is 30.5 Å². The molecule has 1 aromatic carbocycles. The molecule has 0 unspecified atom stereocenters. The second kappa shape index (κ2) is 6.55. The van der Waals surface area contributed by atoms with Gasteiger partial charge in [0.1, 0.15) is 0 Å². The first kappa shape index (κ1) is 13.9. The molecule has 0 saturated heterocycles. The average molecular weight is 276 g/mol. The minimum atomic E-state index is -0.508. The van der Waals surface area contributed by atoms with Crippen molar-refractivity contribution in [1.29, 1.82) is 0 Å². The van der Waals surface area contributed by atoms with Crippen LogP contribution in [0, 0.1) is 0 Å². The number of aromatic amines is 1. The van der Waals surface area contributed by atoms with Crippen LogP contribution < -0.4 is 20.5 Å². The van der Waals surface area contributed by atoms with Gasteiger partial charge in [0.2, 0.25) is 0 Å². The molecule has 7 nitrogen and oxygen atoms in total. The maximum Gasteiger partial charge on any atom is 0.363 e. The zero-order chi connectivity index (χ0) is 14.4. The molecule has 0 amide bonds. The topological polar surface area (TPSA) is 89.1 Å². The lowest BCUT2D eigenvalue weighted by atomic mass is 10.2. The standard InChI is InChI=1S/C13H16N4O3/c1-3-19-10-6-5-9(7-11(10)20-4-2)15-12-8-14-17-13(18)16-12/h5-8H,3-4H2,1-2H3,(H2,15,16,17,18). The molecular formula is C13H16N4O3. The van der Waals surface area contributed by atoms with E-state index in [0.717, 1.165) is 5.69 Å². The lowest BCUT2D eigenvalue weighted by molar-refractivity contribution is 0.288. The van der Waals surface area contributed by atoms with Crippen LogP contribution in [0.3, 0.4) is 0 Å². The van der Waals surface area contributed by atoms with E-state index in [-0.39, 0.29) is 0 Å². The van der Waals surface area contributed by atoms with Crippen molar-refractivity contribution in [2.24, 2.45) is 0 Å². The Bertz CT molecular complexity index is 627. The molecule has 1 aromatic heterocycles. The van der Waals surface area contributed by atoms with Gasteiger partial charge in [0.25, 0.3) is 0 Å². The first-order valence-electron chi connectivity index (χ1n) is 6.31. The summed E-state index contributed by atoms with van der Waals surface area (Å²) in [6.45, 7) is 4.91. The summed E-state index contributed by atoms with van der Waals surface area (Å²) in [6, 6.07) is 5.41. The lowest BCUT2D eigenvalue weighted by Crippen LogP contribution is -2.13. The summed E-state index contributed by atoms with van der Waals surface area (Å²) in [4.78, 5) is 14.8. The molecule has 7 heteroatoms. The van der Waals surface area contributed by atoms with E-state index in [2.05, 4.69) is 20.5 Å². The molecule has 2 rings (SSSR count). The Morgan fingerprint density at radius 2 is 1.95 bits per heavy atom. The van der Waals surface area contributed by atoms with Crippen molar-refractivity contribution in [3.05, 3.63) is 34.9 Å². The number of anilines is 2. The van der Waals surface area contributed by atoms with Crippen molar-refractivity contribution in [2.45, 2.75) is 13.8 Å². The Labute approximate surface area is 116 Å². The molecule has 0 radical (unpaired) electrons. The minimum absolute atomic E-state index is 0.361. The highest BCUT2D eigenvalue weighted by Gasteiger charge is 2.07. The van der Waals surface area contributed by atoms with Gasteiger partial charge in [-0.25, -0.2) is 9.89 Å². The number of rotatable bonds is 6. The van der Waals surface area contributed by atoms with Crippen LogP contribution in [0.1, 0.15) is 13.8 Å². The van der Waals surface area contributed by atoms with Gasteiger partial charge in [0, 0.05) is 11.8 Å². The van der Waals surface area contributed by atoms with Crippen LogP contribution in [0.4, 0.5) is 11.5 Å². The third kappa shape index (κ3) is 3.47. The third-order valence-electron chi connectivity index (χ3n) is 2.38. The number of H-pyrrole nitrogens is 1. The van der Waals surface area contributed by atoms with Crippen LogP contribution in [0.2, 0.25) is 0 Å². The quantitative estimate of drug-likeness (QED) is 0.834. The molecule has 20 heavy (non-hydrogen) atoms. The van der Waals surface area contributed by atoms with E-state index in [9.17, 15) is 4.79 Å². The van der Waals surface area contributed by atoms with Crippen LogP contribution in [-0.2, 0) is 0 Å². The van der Waals surface area contributed by atoms with Gasteiger partial charge in [-0.1, -0.05) is 0 Å². The Kier molecular flexibility index (Phi) is 4.54. The van der Waals surface area contributed by atoms with Crippen molar-refractivity contribution < 1.29 is 9.47 Å². The van der Waals surface area contributed by atoms with E-state index in [4.69, 9.17) is 9.47 Å². The summed E-state index contributed by atoms with van der Waals surface area (Å²) >= 11 is 0. The number of benzene rings is 1. The molecule has 0 aliphatic rings. The zero-order valence-corrected chi connectivity index (χ0v) is 11.3. The molecule has 0 bridgehead atoms. The predicted molar refractivity (Wildman–Crippen MR) is 74.7 cm³/mol. The molecular weight excluding hydrogens is 260 g/mol. The first-order chi connectivity index (χ1) is 9.72. The van der Waals surface area contributed by atoms with E-state index < -0.39 is 5.69 Å². The summed E-state index contributed by atoms with van der Waals surface area (Å²) in [5.74, 6) is 1.68. The molecule has 0 spiro atoms. The molecule has 106 valence electrons. The predicted octanol–water partition coefficient (Wildman–Crippen LogP) is 1.71. The molecule has 1 heterocycles. The zero-order valence-electron chi connectivity index (χ0n) is 11.3. The van der Waals surface area contributed by atoms with E-state index in [1.54, 1.807) is 12.1 Å². The molecule has 0 saturated carbocycles. The number of hydrogen-bond acceptors (Lipinski definition) is 6. The van der Waals surface area contributed by atoms with Gasteiger partial charge in [0.15, 0.2) is 17.3 Å². The molecule has 0 atom stereocenters. The van der Waals surface area contributed by atoms with Crippen LogP contribution in [0.5, 0.6) is 11.5 Å². The number of hydrogen-bond donors (Lipinski definition) is 2. The number of aromatic nitrogens is 3. The fourth-order valence-electron chi connectivity index (χ4n) is 1.65. The Hall–Kier alpha value is -2.57. The minimum Gasteiger partial charge on any atom is -0.490 e. The maximum absolute atomic E-state index is 11.1. The van der Waals surface area contributed by atoms with Crippen LogP contribution >= 0.6 is 0 Å². The average Bonchev–Trinajstić information content (AvgIpc) is 2.42. The van der Waals surface area contributed by atoms with Crippen molar-refractivity contribution in [2.75, 3.05) is 18.5 Å². The van der Waals surface area contributed by atoms with Gasteiger partial charge in [-0.15, -0.1) is 0 Å². The molecule has 0 aliphatic heterocycles. The fourth-order valence-corrected chi connectivity index (χ4v) is 1.65. The first-order valence-corrected chi connectivity index (χ1v) is 6.31. The second-order valence-electron chi connectivity index (χ2n) is 3.82. The van der Waals surface area contributed by atoms with Gasteiger partial charge in [-0.05, 0) is 26.0 Å². The Morgan fingerprint density at radius 1 is 1.20 bits per heavy atom. The van der Waals surface area contributed by atoms with Crippen LogP contribution in [0.25, 0.3) is 0 Å². The van der Waals surface area contributed by atoms with Crippen molar-refractivity contribution in [1.82, 2.24) is 15.2 Å². The number of nitrogens with zero attached hydrogens (tertiary/aromatic N) is 2. The summed E-state index contributed by atoms with van der Waals surface area (Å²) in [5, 5.41) is 8.87. The summed E-state index contributed by atoms with van der Waals surface area (Å²) < 4.78 is 11.0. The van der Waals surface area contributed by atoms with E-state index >= 15 is 0 Å². The maximum atomic E-state index is 11.1. The smallest absolute Gasteiger partial charge is 0.363 e. The normalized spacial score (nSPS) is 10.1. The summed E-state index contributed by atoms with van der Waals surface area (Å²) in [6.07, 6.45) is 1.43. The number of nitrogens with one attached hydrogen (secondary N) is 2. The van der Waals surface area contributed by atoms with Crippen molar-refractivity contribution in [3.63, 3.8) is 0 Å². The van der Waals surface area contributed by atoms with E-state index in [1.807, 2.05) is 19.9 Å². The second-order valence-corrected chi connectivity index (χ2v) is 3.82. The fraction of sp³-hybridized carbons (Fsp3) is 0.308. The van der Waals surface area contributed by atoms with Crippen LogP contribution in [0.15, 0.2) is 29.2 Å². The highest BCUT2D eigenvalue weighted by molar-refractivity contribution is 5.60. The van der Waals surface area contributed by atoms with Crippen molar-refractivity contribution in [3.8, 4) is 11.5 Å². The third-order valence-corrected chi connectivity index (χ3v) is 2.38. The highest BCUT2D eigenvalue weighted by Crippen LogP contribution is 2.31. The Balaban J connectivity index is 2.24.